The highest BCUT2D eigenvalue weighted by Gasteiger charge is 2.01. The Morgan fingerprint density at radius 1 is 0.913 bits per heavy atom. The van der Waals surface area contributed by atoms with Crippen molar-refractivity contribution in [3.63, 3.8) is 0 Å². The summed E-state index contributed by atoms with van der Waals surface area (Å²) < 4.78 is 35.3. The van der Waals surface area contributed by atoms with Gasteiger partial charge in [-0.25, -0.2) is 8.42 Å². The van der Waals surface area contributed by atoms with E-state index >= 15 is 0 Å². The first kappa shape index (κ1) is 17.0. The molecule has 0 atom stereocenters. The fraction of sp³-hybridized carbons (Fsp3) is 0.250. The molecule has 0 fully saturated rings. The molecular formula is C16H20N2O4S. The van der Waals surface area contributed by atoms with Crippen LogP contribution in [-0.2, 0) is 10.0 Å². The Kier molecular flexibility index (Phi) is 5.70. The third kappa shape index (κ3) is 6.07. The van der Waals surface area contributed by atoms with E-state index in [2.05, 4.69) is 10.0 Å². The molecule has 0 aliphatic carbocycles. The molecule has 124 valence electrons. The van der Waals surface area contributed by atoms with Crippen LogP contribution >= 0.6 is 0 Å². The SMILES string of the molecule is COc1ccc(OCCNc2ccc(NS(C)(=O)=O)cc2)cc1. The van der Waals surface area contributed by atoms with Gasteiger partial charge in [-0.15, -0.1) is 0 Å². The molecule has 0 saturated heterocycles. The summed E-state index contributed by atoms with van der Waals surface area (Å²) in [5.74, 6) is 1.57. The third-order valence-corrected chi connectivity index (χ3v) is 3.55. The van der Waals surface area contributed by atoms with Crippen LogP contribution in [0.1, 0.15) is 0 Å². The van der Waals surface area contributed by atoms with E-state index in [1.165, 1.54) is 0 Å². The molecule has 0 radical (unpaired) electrons. The summed E-state index contributed by atoms with van der Waals surface area (Å²) in [4.78, 5) is 0. The Hall–Kier alpha value is -2.41. The lowest BCUT2D eigenvalue weighted by Gasteiger charge is -2.10. The van der Waals surface area contributed by atoms with Crippen LogP contribution in [0.25, 0.3) is 0 Å². The summed E-state index contributed by atoms with van der Waals surface area (Å²) in [6.07, 6.45) is 1.12. The normalized spacial score (nSPS) is 10.9. The summed E-state index contributed by atoms with van der Waals surface area (Å²) in [7, 11) is -1.62. The maximum atomic E-state index is 11.1. The second-order valence-corrected chi connectivity index (χ2v) is 6.65. The Balaban J connectivity index is 1.75. The Morgan fingerprint density at radius 2 is 1.48 bits per heavy atom. The van der Waals surface area contributed by atoms with E-state index in [1.54, 1.807) is 31.4 Å². The predicted octanol–water partition coefficient (Wildman–Crippen LogP) is 2.56. The smallest absolute Gasteiger partial charge is 0.229 e. The van der Waals surface area contributed by atoms with E-state index in [4.69, 9.17) is 9.47 Å². The number of methoxy groups -OCH3 is 1. The van der Waals surface area contributed by atoms with Crippen LogP contribution in [0.3, 0.4) is 0 Å². The number of anilines is 2. The van der Waals surface area contributed by atoms with E-state index in [9.17, 15) is 8.42 Å². The lowest BCUT2D eigenvalue weighted by molar-refractivity contribution is 0.332. The van der Waals surface area contributed by atoms with E-state index in [0.717, 1.165) is 23.4 Å². The first-order valence-electron chi connectivity index (χ1n) is 7.05. The lowest BCUT2D eigenvalue weighted by Crippen LogP contribution is -2.12. The highest BCUT2D eigenvalue weighted by Crippen LogP contribution is 2.17. The molecule has 0 unspecified atom stereocenters. The van der Waals surface area contributed by atoms with Gasteiger partial charge in [0.05, 0.1) is 13.4 Å². The maximum Gasteiger partial charge on any atom is 0.229 e. The van der Waals surface area contributed by atoms with Crippen molar-refractivity contribution in [1.82, 2.24) is 0 Å². The molecular weight excluding hydrogens is 316 g/mol. The quantitative estimate of drug-likeness (QED) is 0.725. The van der Waals surface area contributed by atoms with Crippen molar-refractivity contribution in [1.29, 1.82) is 0 Å². The van der Waals surface area contributed by atoms with Gasteiger partial charge in [-0.2, -0.15) is 0 Å². The van der Waals surface area contributed by atoms with Crippen molar-refractivity contribution in [2.24, 2.45) is 0 Å². The van der Waals surface area contributed by atoms with Gasteiger partial charge in [-0.1, -0.05) is 0 Å². The van der Waals surface area contributed by atoms with Crippen molar-refractivity contribution in [3.05, 3.63) is 48.5 Å². The van der Waals surface area contributed by atoms with Gasteiger partial charge in [0.1, 0.15) is 18.1 Å². The average Bonchev–Trinajstić information content (AvgIpc) is 2.52. The van der Waals surface area contributed by atoms with Gasteiger partial charge in [-0.05, 0) is 48.5 Å². The summed E-state index contributed by atoms with van der Waals surface area (Å²) in [5.41, 5.74) is 1.43. The van der Waals surface area contributed by atoms with E-state index < -0.39 is 10.0 Å². The predicted molar refractivity (Wildman–Crippen MR) is 91.9 cm³/mol. The number of rotatable bonds is 8. The number of ether oxygens (including phenoxy) is 2. The highest BCUT2D eigenvalue weighted by atomic mass is 32.2. The van der Waals surface area contributed by atoms with Gasteiger partial charge in [0.15, 0.2) is 0 Å². The largest absolute Gasteiger partial charge is 0.497 e. The highest BCUT2D eigenvalue weighted by molar-refractivity contribution is 7.92. The van der Waals surface area contributed by atoms with Crippen molar-refractivity contribution < 1.29 is 17.9 Å². The van der Waals surface area contributed by atoms with Crippen LogP contribution in [0.15, 0.2) is 48.5 Å². The molecule has 0 heterocycles. The van der Waals surface area contributed by atoms with Gasteiger partial charge >= 0.3 is 0 Å². The summed E-state index contributed by atoms with van der Waals surface area (Å²) in [5, 5.41) is 3.20. The molecule has 0 amide bonds. The number of hydrogen-bond acceptors (Lipinski definition) is 5. The van der Waals surface area contributed by atoms with Gasteiger partial charge < -0.3 is 14.8 Å². The summed E-state index contributed by atoms with van der Waals surface area (Å²) in [6, 6.07) is 14.4. The van der Waals surface area contributed by atoms with Crippen molar-refractivity contribution >= 4 is 21.4 Å². The standard InChI is InChI=1S/C16H20N2O4S/c1-21-15-7-9-16(10-8-15)22-12-11-17-13-3-5-14(6-4-13)18-23(2,19)20/h3-10,17-18H,11-12H2,1-2H3. The Morgan fingerprint density at radius 3 is 2.04 bits per heavy atom. The molecule has 0 aliphatic rings. The molecule has 0 saturated carbocycles. The monoisotopic (exact) mass is 336 g/mol. The lowest BCUT2D eigenvalue weighted by atomic mass is 10.3. The van der Waals surface area contributed by atoms with E-state index in [-0.39, 0.29) is 0 Å². The molecule has 23 heavy (non-hydrogen) atoms. The van der Waals surface area contributed by atoms with Crippen molar-refractivity contribution in [3.8, 4) is 11.5 Å². The minimum atomic E-state index is -3.25. The zero-order valence-corrected chi connectivity index (χ0v) is 13.9. The van der Waals surface area contributed by atoms with Crippen LogP contribution in [0.4, 0.5) is 11.4 Å². The van der Waals surface area contributed by atoms with Gasteiger partial charge in [0, 0.05) is 17.9 Å². The second kappa shape index (κ2) is 7.73. The number of sulfonamides is 1. The van der Waals surface area contributed by atoms with Gasteiger partial charge in [0.2, 0.25) is 10.0 Å². The average molecular weight is 336 g/mol. The maximum absolute atomic E-state index is 11.1. The second-order valence-electron chi connectivity index (χ2n) is 4.90. The molecule has 2 aromatic carbocycles. The molecule has 7 heteroatoms. The third-order valence-electron chi connectivity index (χ3n) is 2.95. The van der Waals surface area contributed by atoms with E-state index in [1.807, 2.05) is 24.3 Å². The zero-order chi connectivity index (χ0) is 16.7. The first-order valence-corrected chi connectivity index (χ1v) is 8.94. The molecule has 0 spiro atoms. The molecule has 2 rings (SSSR count). The molecule has 2 aromatic rings. The molecule has 6 nitrogen and oxygen atoms in total. The minimum absolute atomic E-state index is 0.510. The first-order chi connectivity index (χ1) is 11.0. The zero-order valence-electron chi connectivity index (χ0n) is 13.1. The summed E-state index contributed by atoms with van der Waals surface area (Å²) in [6.45, 7) is 1.14. The fourth-order valence-electron chi connectivity index (χ4n) is 1.91. The minimum Gasteiger partial charge on any atom is -0.497 e. The topological polar surface area (TPSA) is 76.7 Å². The van der Waals surface area contributed by atoms with Crippen LogP contribution < -0.4 is 19.5 Å². The fourth-order valence-corrected chi connectivity index (χ4v) is 2.47. The van der Waals surface area contributed by atoms with Crippen molar-refractivity contribution in [2.45, 2.75) is 0 Å². The summed E-state index contributed by atoms with van der Waals surface area (Å²) >= 11 is 0. The van der Waals surface area contributed by atoms with Gasteiger partial charge in [-0.3, -0.25) is 4.72 Å². The number of benzene rings is 2. The number of hydrogen-bond donors (Lipinski definition) is 2. The van der Waals surface area contributed by atoms with Crippen molar-refractivity contribution in [2.75, 3.05) is 36.6 Å². The molecule has 2 N–H and O–H groups in total. The van der Waals surface area contributed by atoms with Crippen LogP contribution in [0.5, 0.6) is 11.5 Å². The Bertz CT molecular complexity index is 713. The van der Waals surface area contributed by atoms with Gasteiger partial charge in [0.25, 0.3) is 0 Å². The van der Waals surface area contributed by atoms with Crippen LogP contribution in [-0.4, -0.2) is 34.9 Å². The molecule has 0 aliphatic heterocycles. The molecule has 0 aromatic heterocycles. The van der Waals surface area contributed by atoms with Crippen LogP contribution in [0, 0.1) is 0 Å². The van der Waals surface area contributed by atoms with E-state index in [0.29, 0.717) is 18.8 Å². The molecule has 0 bridgehead atoms. The Labute approximate surface area is 136 Å². The van der Waals surface area contributed by atoms with Crippen LogP contribution in [0.2, 0.25) is 0 Å². The number of nitrogens with one attached hydrogen (secondary N) is 2.